The summed E-state index contributed by atoms with van der Waals surface area (Å²) in [6.07, 6.45) is 0. The number of benzene rings is 3. The molecule has 0 spiro atoms. The maximum atomic E-state index is 2.61. The van der Waals surface area contributed by atoms with Crippen molar-refractivity contribution in [2.24, 2.45) is 0 Å². The van der Waals surface area contributed by atoms with Crippen LogP contribution in [-0.2, 0) is 26.2 Å². The Morgan fingerprint density at radius 1 is 0.595 bits per heavy atom. The van der Waals surface area contributed by atoms with Crippen molar-refractivity contribution in [3.05, 3.63) is 101 Å². The second-order valence-corrected chi connectivity index (χ2v) is 14.7. The Kier molecular flexibility index (Phi) is 10.4. The Bertz CT molecular complexity index is 1400. The molecule has 0 bridgehead atoms. The van der Waals surface area contributed by atoms with E-state index in [2.05, 4.69) is 127 Å². The van der Waals surface area contributed by atoms with Crippen LogP contribution in [0.15, 0.2) is 78.9 Å². The standard InChI is InChI=1S/C33H36Si.2ClH.Zr/c1-21(2)28-17-11-13-25-19-23(5)32(30(25)28)34(7,27-15-9-8-10-16-27)33-24(6)20-26-14-12-18-29(22(3)4)31(26)33;;;/h8-22H,1-7H3;2*1H;/q-2;;;+4/p-2. The topological polar surface area (TPSA) is 0 Å². The van der Waals surface area contributed by atoms with Crippen LogP contribution in [0.5, 0.6) is 0 Å². The van der Waals surface area contributed by atoms with Gasteiger partial charge in [-0.1, -0.05) is 107 Å². The molecule has 0 fully saturated rings. The van der Waals surface area contributed by atoms with Crippen LogP contribution in [0, 0.1) is 13.8 Å². The Morgan fingerprint density at radius 3 is 1.38 bits per heavy atom. The summed E-state index contributed by atoms with van der Waals surface area (Å²) in [5.41, 5.74) is 5.84. The van der Waals surface area contributed by atoms with Gasteiger partial charge in [0.25, 0.3) is 0 Å². The Hall–Kier alpha value is -1.44. The van der Waals surface area contributed by atoms with E-state index in [1.54, 1.807) is 10.4 Å². The second kappa shape index (κ2) is 12.2. The third kappa shape index (κ3) is 5.12. The average Bonchev–Trinajstić information content (AvgIpc) is 3.34. The van der Waals surface area contributed by atoms with Crippen LogP contribution in [0.3, 0.4) is 0 Å². The summed E-state index contributed by atoms with van der Waals surface area (Å²) in [4.78, 5) is 0. The van der Waals surface area contributed by atoms with Crippen molar-refractivity contribution in [2.45, 2.75) is 59.9 Å². The van der Waals surface area contributed by atoms with E-state index in [-0.39, 0.29) is 51.0 Å². The summed E-state index contributed by atoms with van der Waals surface area (Å²) in [5, 5.41) is 10.5. The van der Waals surface area contributed by atoms with Gasteiger partial charge in [-0.2, -0.15) is 10.4 Å². The molecule has 0 radical (unpaired) electrons. The van der Waals surface area contributed by atoms with Gasteiger partial charge in [0, 0.05) is 8.07 Å². The summed E-state index contributed by atoms with van der Waals surface area (Å²) < 4.78 is 0. The van der Waals surface area contributed by atoms with Crippen molar-refractivity contribution in [1.82, 2.24) is 0 Å². The number of halogens is 2. The number of aryl methyl sites for hydroxylation is 2. The van der Waals surface area contributed by atoms with Gasteiger partial charge in [-0.15, -0.1) is 69.1 Å². The van der Waals surface area contributed by atoms with Crippen LogP contribution < -0.4 is 40.4 Å². The molecule has 0 aliphatic rings. The summed E-state index contributed by atoms with van der Waals surface area (Å²) in [6, 6.07) is 30.1. The molecule has 0 amide bonds. The van der Waals surface area contributed by atoms with E-state index in [4.69, 9.17) is 0 Å². The molecule has 190 valence electrons. The zero-order valence-corrected chi connectivity index (χ0v) is 27.9. The minimum Gasteiger partial charge on any atom is -1.00 e. The van der Waals surface area contributed by atoms with Crippen LogP contribution in [0.4, 0.5) is 0 Å². The smallest absolute Gasteiger partial charge is 1.00 e. The van der Waals surface area contributed by atoms with E-state index in [0.29, 0.717) is 11.8 Å². The molecule has 5 aromatic carbocycles. The first kappa shape index (κ1) is 31.8. The normalized spacial score (nSPS) is 11.5. The Balaban J connectivity index is 0.00000160. The van der Waals surface area contributed by atoms with Gasteiger partial charge in [-0.3, -0.25) is 0 Å². The van der Waals surface area contributed by atoms with Crippen LogP contribution in [-0.4, -0.2) is 8.07 Å². The third-order valence-corrected chi connectivity index (χ3v) is 12.7. The summed E-state index contributed by atoms with van der Waals surface area (Å²) >= 11 is 0. The van der Waals surface area contributed by atoms with Gasteiger partial charge in [0.05, 0.1) is 0 Å². The summed E-state index contributed by atoms with van der Waals surface area (Å²) in [6.45, 7) is 16.6. The first-order chi connectivity index (χ1) is 16.2. The van der Waals surface area contributed by atoms with E-state index >= 15 is 0 Å². The molecule has 0 heterocycles. The molecule has 0 N–H and O–H groups in total. The quantitative estimate of drug-likeness (QED) is 0.206. The fourth-order valence-corrected chi connectivity index (χ4v) is 11.4. The van der Waals surface area contributed by atoms with Crippen LogP contribution in [0.1, 0.15) is 61.8 Å². The third-order valence-electron chi connectivity index (χ3n) is 7.89. The Labute approximate surface area is 255 Å². The molecule has 37 heavy (non-hydrogen) atoms. The molecule has 4 heteroatoms. The van der Waals surface area contributed by atoms with Crippen molar-refractivity contribution >= 4 is 45.2 Å². The molecule has 0 nitrogen and oxygen atoms in total. The minimum atomic E-state index is -2.35. The van der Waals surface area contributed by atoms with E-state index < -0.39 is 8.07 Å². The summed E-state index contributed by atoms with van der Waals surface area (Å²) in [7, 11) is -2.35. The van der Waals surface area contributed by atoms with Crippen molar-refractivity contribution in [2.75, 3.05) is 0 Å². The predicted molar refractivity (Wildman–Crippen MR) is 154 cm³/mol. The molecule has 5 aromatic rings. The molecule has 0 saturated heterocycles. The van der Waals surface area contributed by atoms with Gasteiger partial charge in [0.1, 0.15) is 0 Å². The van der Waals surface area contributed by atoms with E-state index in [9.17, 15) is 0 Å². The largest absolute Gasteiger partial charge is 4.00 e. The number of hydrogen-bond donors (Lipinski definition) is 0. The van der Waals surface area contributed by atoms with Crippen molar-refractivity contribution in [3.63, 3.8) is 0 Å². The van der Waals surface area contributed by atoms with Gasteiger partial charge < -0.3 is 24.8 Å². The number of hydrogen-bond acceptors (Lipinski definition) is 0. The van der Waals surface area contributed by atoms with Gasteiger partial charge in [0.2, 0.25) is 0 Å². The summed E-state index contributed by atoms with van der Waals surface area (Å²) in [5.74, 6) is 0.976. The number of rotatable bonds is 5. The first-order valence-electron chi connectivity index (χ1n) is 12.7. The Morgan fingerprint density at radius 2 is 1.00 bits per heavy atom. The van der Waals surface area contributed by atoms with Crippen molar-refractivity contribution in [3.8, 4) is 0 Å². The molecule has 0 aliphatic carbocycles. The van der Waals surface area contributed by atoms with Gasteiger partial charge in [-0.25, -0.2) is 0 Å². The first-order valence-corrected chi connectivity index (χ1v) is 15.2. The molecule has 0 atom stereocenters. The molecule has 0 unspecified atom stereocenters. The molecule has 0 aromatic heterocycles. The van der Waals surface area contributed by atoms with Gasteiger partial charge in [-0.05, 0) is 11.8 Å². The fourth-order valence-electron chi connectivity index (χ4n) is 6.44. The minimum absolute atomic E-state index is 0. The van der Waals surface area contributed by atoms with Crippen LogP contribution in [0.25, 0.3) is 21.5 Å². The average molecular weight is 623 g/mol. The maximum Gasteiger partial charge on any atom is 4.00 e. The maximum absolute atomic E-state index is 2.61. The molecule has 0 saturated carbocycles. The predicted octanol–water partition coefficient (Wildman–Crippen LogP) is 1.40. The van der Waals surface area contributed by atoms with E-state index in [1.807, 2.05) is 0 Å². The van der Waals surface area contributed by atoms with E-state index in [1.165, 1.54) is 49.0 Å². The van der Waals surface area contributed by atoms with Crippen molar-refractivity contribution in [1.29, 1.82) is 0 Å². The fraction of sp³-hybridized carbons (Fsp3) is 0.273. The molecular formula is C33H36Cl2SiZr. The SMILES string of the molecule is Cc1[cH-]c2cccc(C(C)C)c2c1[Si](C)(c1ccccc1)c1c(C)[cH-]c2cccc(C(C)C)c12.[Cl-].[Cl-].[Zr+4]. The second-order valence-electron chi connectivity index (χ2n) is 10.8. The molecule has 5 rings (SSSR count). The van der Waals surface area contributed by atoms with Crippen LogP contribution in [0.2, 0.25) is 6.55 Å². The van der Waals surface area contributed by atoms with Gasteiger partial charge in [0.15, 0.2) is 0 Å². The van der Waals surface area contributed by atoms with Crippen LogP contribution >= 0.6 is 0 Å². The van der Waals surface area contributed by atoms with E-state index in [0.717, 1.165) is 0 Å². The van der Waals surface area contributed by atoms with Crippen molar-refractivity contribution < 1.29 is 51.0 Å². The zero-order chi connectivity index (χ0) is 24.2. The number of fused-ring (bicyclic) bond motifs is 2. The monoisotopic (exact) mass is 620 g/mol. The molecule has 0 aliphatic heterocycles. The molecular weight excluding hydrogens is 587 g/mol. The zero-order valence-electron chi connectivity index (χ0n) is 22.9. The van der Waals surface area contributed by atoms with Gasteiger partial charge >= 0.3 is 26.2 Å².